The molecule has 0 aliphatic heterocycles. The van der Waals surface area contributed by atoms with Crippen LogP contribution in [0.5, 0.6) is 0 Å². The quantitative estimate of drug-likeness (QED) is 0.404. The molecule has 2 N–H and O–H groups in total. The zero-order chi connectivity index (χ0) is 19.4. The molecule has 27 heavy (non-hydrogen) atoms. The van der Waals surface area contributed by atoms with E-state index in [-0.39, 0.29) is 11.4 Å². The highest BCUT2D eigenvalue weighted by Gasteiger charge is 2.66. The lowest BCUT2D eigenvalue weighted by Gasteiger charge is -2.63. The molecule has 4 aliphatic rings. The number of rotatable bonds is 1. The highest BCUT2D eigenvalue weighted by Crippen LogP contribution is 2.67. The molecule has 0 radical (unpaired) electrons. The first-order valence-electron chi connectivity index (χ1n) is 10.4. The van der Waals surface area contributed by atoms with Crippen molar-refractivity contribution in [3.8, 4) is 0 Å². The van der Waals surface area contributed by atoms with Gasteiger partial charge in [0.05, 0.1) is 0 Å². The Morgan fingerprint density at radius 2 is 1.70 bits per heavy atom. The van der Waals surface area contributed by atoms with Crippen LogP contribution in [0.25, 0.3) is 0 Å². The fraction of sp³-hybridized carbons (Fsp3) is 0.857. The Bertz CT molecular complexity index is 704. The van der Waals surface area contributed by atoms with Crippen LogP contribution in [0.2, 0.25) is 0 Å². The zero-order valence-electron chi connectivity index (χ0n) is 16.7. The summed E-state index contributed by atoms with van der Waals surface area (Å²) >= 11 is 0. The fourth-order valence-corrected chi connectivity index (χ4v) is 7.57. The Balaban J connectivity index is 1.77. The normalized spacial score (nSPS) is 49.4. The molecule has 0 bridgehead atoms. The summed E-state index contributed by atoms with van der Waals surface area (Å²) in [5.74, 6) is 1.51. The zero-order valence-corrected chi connectivity index (χ0v) is 16.7. The Morgan fingerprint density at radius 3 is 2.37 bits per heavy atom. The number of nitrogens with zero attached hydrogens (tertiary/aromatic N) is 2. The Labute approximate surface area is 161 Å². The highest BCUT2D eigenvalue weighted by molar-refractivity contribution is 6.43. The summed E-state index contributed by atoms with van der Waals surface area (Å²) in [4.78, 5) is 12.0. The second-order valence-electron chi connectivity index (χ2n) is 9.95. The van der Waals surface area contributed by atoms with Gasteiger partial charge in [-0.15, -0.1) is 0 Å². The van der Waals surface area contributed by atoms with Gasteiger partial charge in [-0.3, -0.25) is 4.79 Å². The van der Waals surface area contributed by atoms with Gasteiger partial charge < -0.3 is 15.2 Å². The van der Waals surface area contributed by atoms with Gasteiger partial charge >= 0.3 is 5.97 Å². The summed E-state index contributed by atoms with van der Waals surface area (Å²) in [7, 11) is 0. The molecule has 0 unspecified atom stereocenters. The molecule has 0 spiro atoms. The molecule has 150 valence electrons. The fourth-order valence-electron chi connectivity index (χ4n) is 7.57. The number of oxime groups is 2. The summed E-state index contributed by atoms with van der Waals surface area (Å²) in [6.45, 7) is 6.14. The molecule has 6 nitrogen and oxygen atoms in total. The second kappa shape index (κ2) is 6.21. The van der Waals surface area contributed by atoms with Crippen molar-refractivity contribution in [2.75, 3.05) is 0 Å². The number of hydrogen-bond acceptors (Lipinski definition) is 6. The molecule has 6 atom stereocenters. The van der Waals surface area contributed by atoms with E-state index in [4.69, 9.17) is 4.74 Å². The van der Waals surface area contributed by atoms with Crippen molar-refractivity contribution >= 4 is 17.4 Å². The second-order valence-corrected chi connectivity index (χ2v) is 9.95. The summed E-state index contributed by atoms with van der Waals surface area (Å²) in [5.41, 5.74) is 0.252. The standard InChI is InChI=1S/C21H32N2O4/c1-13(24)27-21-10-6-14-15-5-4-8-19(15,2)9-7-16(14)20(21,3)11-17(22-25)18(12-21)23-26/h14-16,25-26H,4-12H2,1-3H3/t14-,15-,16-,19-,20+,21+/m0/s1. The summed E-state index contributed by atoms with van der Waals surface area (Å²) in [6.07, 6.45) is 8.95. The van der Waals surface area contributed by atoms with E-state index in [0.717, 1.165) is 25.2 Å². The Kier molecular flexibility index (Phi) is 4.32. The van der Waals surface area contributed by atoms with E-state index in [2.05, 4.69) is 24.2 Å². The number of carbonyl (C=O) groups is 1. The van der Waals surface area contributed by atoms with Crippen molar-refractivity contribution in [3.63, 3.8) is 0 Å². The minimum Gasteiger partial charge on any atom is -0.458 e. The van der Waals surface area contributed by atoms with Gasteiger partial charge in [-0.25, -0.2) is 0 Å². The number of fused-ring (bicyclic) bond motifs is 5. The molecule has 4 rings (SSSR count). The van der Waals surface area contributed by atoms with Gasteiger partial charge in [0.2, 0.25) is 0 Å². The van der Waals surface area contributed by atoms with Crippen molar-refractivity contribution < 1.29 is 19.9 Å². The molecule has 4 aliphatic carbocycles. The number of hydrogen-bond donors (Lipinski definition) is 2. The Hall–Kier alpha value is -1.59. The van der Waals surface area contributed by atoms with Crippen molar-refractivity contribution in [3.05, 3.63) is 0 Å². The van der Waals surface area contributed by atoms with Crippen molar-refractivity contribution in [1.29, 1.82) is 0 Å². The SMILES string of the molecule is CC(=O)O[C@@]12CC[C@H]3[C@@H]4CCC[C@@]4(C)CC[C@@H]3[C@@]1(C)CC(=NO)C(=NO)C2. The Morgan fingerprint density at radius 1 is 1.00 bits per heavy atom. The van der Waals surface area contributed by atoms with E-state index in [1.807, 2.05) is 0 Å². The van der Waals surface area contributed by atoms with Crippen LogP contribution in [-0.2, 0) is 9.53 Å². The summed E-state index contributed by atoms with van der Waals surface area (Å²) in [5, 5.41) is 25.8. The predicted octanol–water partition coefficient (Wildman–Crippen LogP) is 4.38. The maximum absolute atomic E-state index is 12.0. The molecule has 0 amide bonds. The maximum Gasteiger partial charge on any atom is 0.303 e. The van der Waals surface area contributed by atoms with Crippen molar-refractivity contribution in [2.45, 2.75) is 84.2 Å². The molecule has 0 aromatic carbocycles. The molecule has 4 saturated carbocycles. The number of ether oxygens (including phenoxy) is 1. The van der Waals surface area contributed by atoms with Gasteiger partial charge in [-0.2, -0.15) is 0 Å². The first-order chi connectivity index (χ1) is 12.8. The van der Waals surface area contributed by atoms with Crippen LogP contribution in [0, 0.1) is 28.6 Å². The van der Waals surface area contributed by atoms with Gasteiger partial charge in [0.15, 0.2) is 0 Å². The van der Waals surface area contributed by atoms with Crippen LogP contribution in [0.15, 0.2) is 10.3 Å². The average molecular weight is 376 g/mol. The smallest absolute Gasteiger partial charge is 0.303 e. The molecule has 0 heterocycles. The van der Waals surface area contributed by atoms with Gasteiger partial charge in [-0.1, -0.05) is 30.6 Å². The van der Waals surface area contributed by atoms with Crippen LogP contribution < -0.4 is 0 Å². The monoisotopic (exact) mass is 376 g/mol. The van der Waals surface area contributed by atoms with Crippen LogP contribution in [0.3, 0.4) is 0 Å². The number of carbonyl (C=O) groups excluding carboxylic acids is 1. The summed E-state index contributed by atoms with van der Waals surface area (Å²) < 4.78 is 6.03. The van der Waals surface area contributed by atoms with Crippen LogP contribution >= 0.6 is 0 Å². The first kappa shape index (κ1) is 18.8. The highest BCUT2D eigenvalue weighted by atomic mass is 16.6. The maximum atomic E-state index is 12.0. The van der Waals surface area contributed by atoms with E-state index in [1.54, 1.807) is 0 Å². The predicted molar refractivity (Wildman–Crippen MR) is 101 cm³/mol. The van der Waals surface area contributed by atoms with Crippen LogP contribution in [-0.4, -0.2) is 33.4 Å². The van der Waals surface area contributed by atoms with E-state index < -0.39 is 5.60 Å². The van der Waals surface area contributed by atoms with Crippen molar-refractivity contribution in [1.82, 2.24) is 0 Å². The van der Waals surface area contributed by atoms with Gasteiger partial charge in [0.1, 0.15) is 17.0 Å². The largest absolute Gasteiger partial charge is 0.458 e. The molecular formula is C21H32N2O4. The molecule has 0 aromatic heterocycles. The number of esters is 1. The molecule has 0 saturated heterocycles. The topological polar surface area (TPSA) is 91.5 Å². The van der Waals surface area contributed by atoms with Crippen LogP contribution in [0.1, 0.15) is 78.6 Å². The van der Waals surface area contributed by atoms with Gasteiger partial charge in [0.25, 0.3) is 0 Å². The lowest BCUT2D eigenvalue weighted by atomic mass is 9.43. The average Bonchev–Trinajstić information content (AvgIpc) is 3.02. The van der Waals surface area contributed by atoms with Gasteiger partial charge in [-0.05, 0) is 61.7 Å². The van der Waals surface area contributed by atoms with E-state index >= 15 is 0 Å². The molecular weight excluding hydrogens is 344 g/mol. The minimum absolute atomic E-state index is 0.289. The van der Waals surface area contributed by atoms with E-state index in [9.17, 15) is 15.2 Å². The van der Waals surface area contributed by atoms with E-state index in [1.165, 1.54) is 32.6 Å². The molecule has 6 heteroatoms. The third-order valence-electron chi connectivity index (χ3n) is 8.86. The van der Waals surface area contributed by atoms with E-state index in [0.29, 0.717) is 41.5 Å². The lowest BCUT2D eigenvalue weighted by molar-refractivity contribution is -0.209. The lowest BCUT2D eigenvalue weighted by Crippen LogP contribution is -2.65. The van der Waals surface area contributed by atoms with Crippen LogP contribution in [0.4, 0.5) is 0 Å². The van der Waals surface area contributed by atoms with Gasteiger partial charge in [0, 0.05) is 25.2 Å². The first-order valence-corrected chi connectivity index (χ1v) is 10.4. The minimum atomic E-state index is -0.678. The molecule has 0 aromatic rings. The third kappa shape index (κ3) is 2.54. The molecule has 4 fully saturated rings. The summed E-state index contributed by atoms with van der Waals surface area (Å²) in [6, 6.07) is 0. The van der Waals surface area contributed by atoms with Crippen molar-refractivity contribution in [2.24, 2.45) is 38.9 Å². The third-order valence-corrected chi connectivity index (χ3v) is 8.86.